The van der Waals surface area contributed by atoms with Crippen LogP contribution in [0.4, 0.5) is 0 Å². The SMILES string of the molecule is C=C(O)c1ccccc(OC(=O)c2ccccc2)c1=O.COc1ccc(/C=C/C(=O)c2ccccc(=O)c2O)cc1.Cc1ccc(/C=C/C(=O)c2ccccc(=O)c2O)cc1.Cc1ccc(=O)c(O)c(C(=O)/C=C/c2ccc(Oc3ccccc3)cc2)c1.O=C(/C=C/c1cccc(Br)c1)c1ccccc(=O)c1O. The largest absolute Gasteiger partial charge is 0.508 e. The number of methoxy groups -OCH3 is 1. The topological polar surface area (TPSA) is 300 Å². The normalized spacial score (nSPS) is 10.5. The minimum Gasteiger partial charge on any atom is -0.508 e. The summed E-state index contributed by atoms with van der Waals surface area (Å²) in [6, 6.07) is 74.4. The summed E-state index contributed by atoms with van der Waals surface area (Å²) in [7, 11) is 1.58. The number of hydrogen-bond acceptors (Lipinski definition) is 18. The maximum atomic E-state index is 12.4. The van der Waals surface area contributed by atoms with Crippen LogP contribution in [0.1, 0.15) is 90.7 Å². The van der Waals surface area contributed by atoms with Crippen LogP contribution in [0, 0.1) is 13.8 Å². The van der Waals surface area contributed by atoms with Crippen molar-refractivity contribution in [3.8, 4) is 46.0 Å². The Hall–Kier alpha value is -14.3. The number of halogens is 1. The molecule has 18 nitrogen and oxygen atoms in total. The van der Waals surface area contributed by atoms with Crippen LogP contribution < -0.4 is 41.4 Å². The van der Waals surface area contributed by atoms with Gasteiger partial charge in [0.05, 0.1) is 40.5 Å². The molecule has 0 aliphatic rings. The number of rotatable bonds is 18. The molecular formula is C89H69BrO18. The Morgan fingerprint density at radius 3 is 1.18 bits per heavy atom. The van der Waals surface area contributed by atoms with Gasteiger partial charge in [0.25, 0.3) is 0 Å². The van der Waals surface area contributed by atoms with Gasteiger partial charge in [-0.3, -0.25) is 43.2 Å². The Kier molecular flexibility index (Phi) is 30.8. The Labute approximate surface area is 628 Å². The lowest BCUT2D eigenvalue weighted by molar-refractivity contribution is 0.0732. The highest BCUT2D eigenvalue weighted by molar-refractivity contribution is 9.10. The zero-order chi connectivity index (χ0) is 78.1. The molecule has 108 heavy (non-hydrogen) atoms. The van der Waals surface area contributed by atoms with E-state index in [-0.39, 0.29) is 39.3 Å². The number of ketones is 4. The molecule has 0 amide bonds. The number of aromatic hydroxyl groups is 4. The molecule has 0 atom stereocenters. The lowest BCUT2D eigenvalue weighted by atomic mass is 10.1. The van der Waals surface area contributed by atoms with Crippen LogP contribution in [0.5, 0.6) is 46.0 Å². The maximum absolute atomic E-state index is 12.4. The Morgan fingerprint density at radius 1 is 0.361 bits per heavy atom. The van der Waals surface area contributed by atoms with Gasteiger partial charge in [-0.1, -0.05) is 210 Å². The molecule has 540 valence electrons. The fourth-order valence-electron chi connectivity index (χ4n) is 9.24. The van der Waals surface area contributed by atoms with Gasteiger partial charge in [0, 0.05) is 4.47 Å². The molecule has 19 heteroatoms. The van der Waals surface area contributed by atoms with Gasteiger partial charge in [-0.2, -0.15) is 0 Å². The number of aliphatic hydroxyl groups excluding tert-OH is 1. The summed E-state index contributed by atoms with van der Waals surface area (Å²) in [6.07, 6.45) is 11.8. The number of benzene rings is 6. The van der Waals surface area contributed by atoms with E-state index in [2.05, 4.69) is 22.5 Å². The number of esters is 1. The van der Waals surface area contributed by atoms with E-state index in [4.69, 9.17) is 14.2 Å². The molecule has 0 radical (unpaired) electrons. The molecule has 0 aliphatic carbocycles. The third kappa shape index (κ3) is 25.3. The number of carbonyl (C=O) groups is 5. The molecular weight excluding hydrogens is 1440 g/mol. The molecule has 0 spiro atoms. The van der Waals surface area contributed by atoms with E-state index in [1.807, 2.05) is 97.9 Å². The molecule has 11 aromatic rings. The van der Waals surface area contributed by atoms with Crippen molar-refractivity contribution in [1.82, 2.24) is 0 Å². The van der Waals surface area contributed by atoms with E-state index in [1.54, 1.807) is 135 Å². The standard InChI is InChI=1S/C23H18O4.C17H14O4.C17H14O3.C16H11BrO3.C16H12O4/c1-16-7-13-22(25)23(26)20(15-16)21(24)14-10-17-8-11-19(12-9-17)27-18-5-3-2-4-6-18;1-21-13-9-6-12(7-10-13)8-11-15(18)14-4-2-3-5-16(19)17(14)20;1-12-6-8-13(9-7-12)10-11-15(18)14-4-2-3-5-16(19)17(14)20;17-12-5-3-4-11(10-12)8-9-14(18)13-6-1-2-7-15(19)16(13)20;1-11(17)13-9-5-6-10-14(15(13)18)20-16(19)12-7-3-2-4-8-12/h2-15H,1H3,(H,25,26);2-11H,1H3,(H,19,20);2-11H,1H3,(H,19,20);1-10H,(H,19,20);2-10,17H,1H2/b14-10+;11-8+;11-10+;9-8+;. The monoisotopic (exact) mass is 1500 g/mol. The van der Waals surface area contributed by atoms with Crippen LogP contribution in [0.2, 0.25) is 0 Å². The van der Waals surface area contributed by atoms with Crippen molar-refractivity contribution in [1.29, 1.82) is 0 Å². The second-order valence-corrected chi connectivity index (χ2v) is 23.8. The van der Waals surface area contributed by atoms with E-state index >= 15 is 0 Å². The van der Waals surface area contributed by atoms with Gasteiger partial charge in [-0.05, 0) is 182 Å². The summed E-state index contributed by atoms with van der Waals surface area (Å²) in [6.45, 7) is 7.04. The van der Waals surface area contributed by atoms with Gasteiger partial charge >= 0.3 is 5.97 Å². The molecule has 0 saturated heterocycles. The molecule has 0 heterocycles. The predicted molar refractivity (Wildman–Crippen MR) is 423 cm³/mol. The Bertz CT molecular complexity index is 5510. The molecule has 0 aromatic heterocycles. The molecule has 0 saturated carbocycles. The number of para-hydroxylation sites is 1. The summed E-state index contributed by atoms with van der Waals surface area (Å²) in [4.78, 5) is 118. The highest BCUT2D eigenvalue weighted by Gasteiger charge is 2.16. The van der Waals surface area contributed by atoms with Gasteiger partial charge in [-0.25, -0.2) is 4.79 Å². The van der Waals surface area contributed by atoms with Gasteiger partial charge in [0.15, 0.2) is 51.9 Å². The van der Waals surface area contributed by atoms with Gasteiger partial charge in [0.1, 0.15) is 23.0 Å². The van der Waals surface area contributed by atoms with Gasteiger partial charge in [-0.15, -0.1) is 0 Å². The van der Waals surface area contributed by atoms with E-state index in [1.165, 1.54) is 109 Å². The van der Waals surface area contributed by atoms with Crippen molar-refractivity contribution in [2.75, 3.05) is 7.11 Å². The number of ether oxygens (including phenoxy) is 3. The van der Waals surface area contributed by atoms with Gasteiger partial charge < -0.3 is 39.7 Å². The minimum absolute atomic E-state index is 0.00311. The van der Waals surface area contributed by atoms with E-state index < -0.39 is 79.2 Å². The fourth-order valence-corrected chi connectivity index (χ4v) is 9.66. The zero-order valence-electron chi connectivity index (χ0n) is 58.2. The van der Waals surface area contributed by atoms with Crippen LogP contribution in [-0.4, -0.2) is 61.7 Å². The summed E-state index contributed by atoms with van der Waals surface area (Å²) in [5.41, 5.74) is 2.57. The van der Waals surface area contributed by atoms with E-state index in [9.17, 15) is 73.5 Å². The first-order valence-corrected chi connectivity index (χ1v) is 33.5. The average Bonchev–Trinajstić information content (AvgIpc) is 1.64. The molecule has 0 fully saturated rings. The summed E-state index contributed by atoms with van der Waals surface area (Å²) in [5, 5.41) is 48.4. The molecule has 11 aromatic carbocycles. The lowest BCUT2D eigenvalue weighted by Gasteiger charge is -2.05. The molecule has 11 rings (SSSR count). The smallest absolute Gasteiger partial charge is 0.343 e. The minimum atomic E-state index is -0.636. The third-order valence-electron chi connectivity index (χ3n) is 15.0. The van der Waals surface area contributed by atoms with Crippen LogP contribution in [0.3, 0.4) is 0 Å². The quantitative estimate of drug-likeness (QED) is 0.0231. The molecule has 0 unspecified atom stereocenters. The molecule has 0 aliphatic heterocycles. The second kappa shape index (κ2) is 41.1. The highest BCUT2D eigenvalue weighted by Crippen LogP contribution is 2.24. The first-order chi connectivity index (χ1) is 51.9. The predicted octanol–water partition coefficient (Wildman–Crippen LogP) is 16.6. The Balaban J connectivity index is 0.000000189. The van der Waals surface area contributed by atoms with Crippen LogP contribution in [0.15, 0.2) is 332 Å². The van der Waals surface area contributed by atoms with Crippen molar-refractivity contribution in [2.24, 2.45) is 0 Å². The summed E-state index contributed by atoms with van der Waals surface area (Å²) in [5.74, 6) is -2.84. The summed E-state index contributed by atoms with van der Waals surface area (Å²) >= 11 is 3.34. The molecule has 5 N–H and O–H groups in total. The van der Waals surface area contributed by atoms with Crippen molar-refractivity contribution in [3.05, 3.63) is 426 Å². The first-order valence-electron chi connectivity index (χ1n) is 32.7. The first kappa shape index (κ1) is 81.0. The van der Waals surface area contributed by atoms with Gasteiger partial charge in [0.2, 0.25) is 27.1 Å². The highest BCUT2D eigenvalue weighted by atomic mass is 79.9. The number of aliphatic hydroxyl groups is 1. The van der Waals surface area contributed by atoms with E-state index in [0.717, 1.165) is 43.8 Å². The number of aryl methyl sites for hydroxylation is 2. The van der Waals surface area contributed by atoms with Crippen LogP contribution in [0.25, 0.3) is 30.1 Å². The zero-order valence-corrected chi connectivity index (χ0v) is 59.8. The summed E-state index contributed by atoms with van der Waals surface area (Å²) < 4.78 is 16.8. The second-order valence-electron chi connectivity index (χ2n) is 22.9. The van der Waals surface area contributed by atoms with Crippen molar-refractivity contribution in [2.45, 2.75) is 13.8 Å². The Morgan fingerprint density at radius 2 is 0.722 bits per heavy atom. The maximum Gasteiger partial charge on any atom is 0.343 e. The van der Waals surface area contributed by atoms with Crippen LogP contribution in [-0.2, 0) is 0 Å². The number of carbonyl (C=O) groups excluding carboxylic acids is 5. The number of allylic oxidation sites excluding steroid dienone is 4. The van der Waals surface area contributed by atoms with Crippen molar-refractivity contribution >= 4 is 75.1 Å². The van der Waals surface area contributed by atoms with E-state index in [0.29, 0.717) is 16.9 Å². The lowest BCUT2D eigenvalue weighted by Crippen LogP contribution is -2.15. The number of hydrogen-bond donors (Lipinski definition) is 5. The fraction of sp³-hybridized carbons (Fsp3) is 0.0337. The van der Waals surface area contributed by atoms with Crippen molar-refractivity contribution < 1.29 is 63.7 Å². The molecule has 0 bridgehead atoms. The van der Waals surface area contributed by atoms with Crippen molar-refractivity contribution in [3.63, 3.8) is 0 Å². The average molecular weight is 1510 g/mol. The third-order valence-corrected chi connectivity index (χ3v) is 15.5. The van der Waals surface area contributed by atoms with Crippen LogP contribution >= 0.6 is 15.9 Å².